The molecule has 0 aliphatic heterocycles. The highest BCUT2D eigenvalue weighted by molar-refractivity contribution is 5.80. The second-order valence-corrected chi connectivity index (χ2v) is 5.47. The molecule has 1 fully saturated rings. The molecule has 1 atom stereocenters. The number of carbonyl (C=O) groups excluding carboxylic acids is 1. The minimum absolute atomic E-state index is 0.0781. The molecule has 3 nitrogen and oxygen atoms in total. The lowest BCUT2D eigenvalue weighted by molar-refractivity contribution is -0.167. The molecule has 3 heteroatoms. The van der Waals surface area contributed by atoms with Crippen LogP contribution in [0.3, 0.4) is 0 Å². The molecule has 17 heavy (non-hydrogen) atoms. The molecule has 0 aromatic heterocycles. The van der Waals surface area contributed by atoms with Crippen LogP contribution in [0.15, 0.2) is 0 Å². The molecule has 0 bridgehead atoms. The van der Waals surface area contributed by atoms with Gasteiger partial charge in [-0.3, -0.25) is 4.79 Å². The van der Waals surface area contributed by atoms with Gasteiger partial charge in [0.25, 0.3) is 0 Å². The Labute approximate surface area is 105 Å². The van der Waals surface area contributed by atoms with Crippen LogP contribution in [0, 0.1) is 0 Å². The third-order valence-corrected chi connectivity index (χ3v) is 4.22. The summed E-state index contributed by atoms with van der Waals surface area (Å²) in [5.41, 5.74) is -0.706. The third-order valence-electron chi connectivity index (χ3n) is 4.22. The molecule has 0 amide bonds. The maximum Gasteiger partial charge on any atom is 0.326 e. The molecule has 0 radical (unpaired) electrons. The summed E-state index contributed by atoms with van der Waals surface area (Å²) in [6.07, 6.45) is 7.16. The normalized spacial score (nSPS) is 22.1. The van der Waals surface area contributed by atoms with Crippen LogP contribution >= 0.6 is 0 Å². The summed E-state index contributed by atoms with van der Waals surface area (Å²) in [6, 6.07) is 0. The summed E-state index contributed by atoms with van der Waals surface area (Å²) in [4.78, 5) is 12.3. The van der Waals surface area contributed by atoms with E-state index in [2.05, 4.69) is 19.2 Å². The average Bonchev–Trinajstić information content (AvgIpc) is 2.78. The van der Waals surface area contributed by atoms with Crippen LogP contribution < -0.4 is 5.32 Å². The SMILES string of the molecule is CCCC(C)(NC)C(=O)OC1(CC)CCCC1. The lowest BCUT2D eigenvalue weighted by Gasteiger charge is -2.34. The van der Waals surface area contributed by atoms with Crippen LogP contribution in [-0.2, 0) is 9.53 Å². The van der Waals surface area contributed by atoms with Gasteiger partial charge in [-0.2, -0.15) is 0 Å². The van der Waals surface area contributed by atoms with Gasteiger partial charge in [0.2, 0.25) is 0 Å². The zero-order valence-electron chi connectivity index (χ0n) is 11.8. The molecule has 0 aromatic rings. The number of hydrogen-bond donors (Lipinski definition) is 1. The number of esters is 1. The van der Waals surface area contributed by atoms with E-state index in [1.165, 1.54) is 12.8 Å². The van der Waals surface area contributed by atoms with E-state index in [1.807, 2.05) is 14.0 Å². The summed E-state index contributed by atoms with van der Waals surface area (Å²) >= 11 is 0. The van der Waals surface area contributed by atoms with E-state index >= 15 is 0 Å². The minimum Gasteiger partial charge on any atom is -0.458 e. The number of carbonyl (C=O) groups is 1. The van der Waals surface area contributed by atoms with E-state index in [-0.39, 0.29) is 11.6 Å². The second kappa shape index (κ2) is 5.85. The lowest BCUT2D eigenvalue weighted by Crippen LogP contribution is -2.51. The van der Waals surface area contributed by atoms with Gasteiger partial charge in [0.15, 0.2) is 0 Å². The molecule has 1 aliphatic rings. The van der Waals surface area contributed by atoms with Crippen LogP contribution in [0.5, 0.6) is 0 Å². The number of ether oxygens (including phenoxy) is 1. The predicted octanol–water partition coefficient (Wildman–Crippen LogP) is 3.03. The van der Waals surface area contributed by atoms with Crippen molar-refractivity contribution in [1.29, 1.82) is 0 Å². The molecule has 0 heterocycles. The van der Waals surface area contributed by atoms with Crippen molar-refractivity contribution in [2.75, 3.05) is 7.05 Å². The second-order valence-electron chi connectivity index (χ2n) is 5.47. The summed E-state index contributed by atoms with van der Waals surface area (Å²) < 4.78 is 5.86. The first kappa shape index (κ1) is 14.5. The maximum atomic E-state index is 12.3. The molecule has 1 rings (SSSR count). The summed E-state index contributed by atoms with van der Waals surface area (Å²) in [7, 11) is 1.84. The van der Waals surface area contributed by atoms with Gasteiger partial charge in [-0.1, -0.05) is 20.3 Å². The molecule has 1 saturated carbocycles. The van der Waals surface area contributed by atoms with Gasteiger partial charge in [0.05, 0.1) is 0 Å². The Bertz CT molecular complexity index is 259. The summed E-state index contributed by atoms with van der Waals surface area (Å²) in [5, 5.41) is 3.12. The van der Waals surface area contributed by atoms with Crippen molar-refractivity contribution >= 4 is 5.97 Å². The molecule has 1 unspecified atom stereocenters. The van der Waals surface area contributed by atoms with Gasteiger partial charge in [0.1, 0.15) is 11.1 Å². The fourth-order valence-corrected chi connectivity index (χ4v) is 2.69. The van der Waals surface area contributed by atoms with Gasteiger partial charge < -0.3 is 10.1 Å². The standard InChI is InChI=1S/C14H27NO2/c1-5-9-13(3,15-4)12(16)17-14(6-2)10-7-8-11-14/h15H,5-11H2,1-4H3. The maximum absolute atomic E-state index is 12.3. The van der Waals surface area contributed by atoms with Gasteiger partial charge in [-0.15, -0.1) is 0 Å². The Morgan fingerprint density at radius 2 is 1.94 bits per heavy atom. The molecule has 1 aliphatic carbocycles. The van der Waals surface area contributed by atoms with Crippen LogP contribution in [-0.4, -0.2) is 24.2 Å². The molecule has 0 saturated heterocycles. The average molecular weight is 241 g/mol. The van der Waals surface area contributed by atoms with Gasteiger partial charge in [-0.25, -0.2) is 0 Å². The van der Waals surface area contributed by atoms with Crippen LogP contribution in [0.4, 0.5) is 0 Å². The van der Waals surface area contributed by atoms with Gasteiger partial charge in [0, 0.05) is 0 Å². The number of nitrogens with one attached hydrogen (secondary N) is 1. The molecular formula is C14H27NO2. The number of rotatable bonds is 6. The highest BCUT2D eigenvalue weighted by Crippen LogP contribution is 2.37. The molecule has 0 spiro atoms. The summed E-state index contributed by atoms with van der Waals surface area (Å²) in [5.74, 6) is -0.0781. The minimum atomic E-state index is -0.528. The first-order valence-electron chi connectivity index (χ1n) is 6.94. The monoisotopic (exact) mass is 241 g/mol. The summed E-state index contributed by atoms with van der Waals surface area (Å²) in [6.45, 7) is 6.15. The smallest absolute Gasteiger partial charge is 0.326 e. The number of likely N-dealkylation sites (N-methyl/N-ethyl adjacent to an activating group) is 1. The van der Waals surface area contributed by atoms with Gasteiger partial charge >= 0.3 is 5.97 Å². The van der Waals surface area contributed by atoms with E-state index in [0.717, 1.165) is 32.1 Å². The fraction of sp³-hybridized carbons (Fsp3) is 0.929. The third kappa shape index (κ3) is 3.21. The van der Waals surface area contributed by atoms with E-state index in [9.17, 15) is 4.79 Å². The van der Waals surface area contributed by atoms with E-state index in [4.69, 9.17) is 4.74 Å². The molecule has 0 aromatic carbocycles. The first-order chi connectivity index (χ1) is 8.02. The van der Waals surface area contributed by atoms with Crippen molar-refractivity contribution in [3.05, 3.63) is 0 Å². The van der Waals surface area contributed by atoms with Crippen LogP contribution in [0.2, 0.25) is 0 Å². The van der Waals surface area contributed by atoms with E-state index < -0.39 is 5.54 Å². The predicted molar refractivity (Wildman–Crippen MR) is 70.0 cm³/mol. The fourth-order valence-electron chi connectivity index (χ4n) is 2.69. The van der Waals surface area contributed by atoms with Crippen molar-refractivity contribution in [3.63, 3.8) is 0 Å². The largest absolute Gasteiger partial charge is 0.458 e. The molecule has 1 N–H and O–H groups in total. The van der Waals surface area contributed by atoms with Crippen molar-refractivity contribution in [2.24, 2.45) is 0 Å². The Kier molecular flexibility index (Phi) is 4.99. The van der Waals surface area contributed by atoms with Crippen molar-refractivity contribution < 1.29 is 9.53 Å². The first-order valence-corrected chi connectivity index (χ1v) is 6.94. The Morgan fingerprint density at radius 1 is 1.35 bits per heavy atom. The van der Waals surface area contributed by atoms with Crippen molar-refractivity contribution in [1.82, 2.24) is 5.32 Å². The molecule has 100 valence electrons. The van der Waals surface area contributed by atoms with Gasteiger partial charge in [-0.05, 0) is 52.5 Å². The molecular weight excluding hydrogens is 214 g/mol. The zero-order valence-corrected chi connectivity index (χ0v) is 11.8. The Balaban J connectivity index is 2.69. The van der Waals surface area contributed by atoms with E-state index in [0.29, 0.717) is 0 Å². The quantitative estimate of drug-likeness (QED) is 0.726. The van der Waals surface area contributed by atoms with Crippen LogP contribution in [0.1, 0.15) is 65.7 Å². The van der Waals surface area contributed by atoms with E-state index in [1.54, 1.807) is 0 Å². The Morgan fingerprint density at radius 3 is 2.35 bits per heavy atom. The highest BCUT2D eigenvalue weighted by Gasteiger charge is 2.41. The topological polar surface area (TPSA) is 38.3 Å². The van der Waals surface area contributed by atoms with Crippen LogP contribution in [0.25, 0.3) is 0 Å². The highest BCUT2D eigenvalue weighted by atomic mass is 16.6. The van der Waals surface area contributed by atoms with Crippen molar-refractivity contribution in [3.8, 4) is 0 Å². The lowest BCUT2D eigenvalue weighted by atomic mass is 9.94. The Hall–Kier alpha value is -0.570. The van der Waals surface area contributed by atoms with Crippen molar-refractivity contribution in [2.45, 2.75) is 76.9 Å². The number of hydrogen-bond acceptors (Lipinski definition) is 3. The zero-order chi connectivity index (χ0) is 12.9.